The molecule has 1 amide bonds. The second kappa shape index (κ2) is 5.80. The number of carbonyl (C=O) groups is 1. The van der Waals surface area contributed by atoms with Crippen LogP contribution in [0.3, 0.4) is 0 Å². The van der Waals surface area contributed by atoms with Gasteiger partial charge in [-0.2, -0.15) is 0 Å². The van der Waals surface area contributed by atoms with E-state index in [0.717, 1.165) is 37.8 Å². The molecule has 1 saturated carbocycles. The zero-order chi connectivity index (χ0) is 14.9. The molecule has 0 radical (unpaired) electrons. The molecular formula is C15H18BrF2NO. The maximum Gasteiger partial charge on any atom is 0.228 e. The van der Waals surface area contributed by atoms with E-state index in [9.17, 15) is 13.6 Å². The van der Waals surface area contributed by atoms with Crippen LogP contribution in [0.15, 0.2) is 16.6 Å². The predicted octanol–water partition coefficient (Wildman–Crippen LogP) is 4.88. The van der Waals surface area contributed by atoms with Crippen LogP contribution < -0.4 is 5.32 Å². The Hall–Kier alpha value is -0.970. The van der Waals surface area contributed by atoms with Crippen LogP contribution in [0, 0.1) is 23.0 Å². The third-order valence-corrected chi connectivity index (χ3v) is 4.70. The van der Waals surface area contributed by atoms with Gasteiger partial charge in [0.05, 0.1) is 10.2 Å². The number of hydrogen-bond acceptors (Lipinski definition) is 1. The molecule has 1 aromatic carbocycles. The minimum atomic E-state index is -0.639. The highest BCUT2D eigenvalue weighted by molar-refractivity contribution is 9.10. The van der Waals surface area contributed by atoms with E-state index in [4.69, 9.17) is 0 Å². The fraction of sp³-hybridized carbons (Fsp3) is 0.533. The number of hydrogen-bond donors (Lipinski definition) is 1. The standard InChI is InChI=1S/C15H18BrF2NO/c1-15(2)6-4-3-5-9(15)14(20)19-13-8-11(17)10(16)7-12(13)18/h7-9H,3-6H2,1-2H3,(H,19,20). The minimum absolute atomic E-state index is 0.0472. The Labute approximate surface area is 126 Å². The van der Waals surface area contributed by atoms with Crippen molar-refractivity contribution in [1.29, 1.82) is 0 Å². The topological polar surface area (TPSA) is 29.1 Å². The SMILES string of the molecule is CC1(C)CCCCC1C(=O)Nc1cc(F)c(Br)cc1F. The minimum Gasteiger partial charge on any atom is -0.323 e. The smallest absolute Gasteiger partial charge is 0.228 e. The van der Waals surface area contributed by atoms with Gasteiger partial charge in [0, 0.05) is 12.0 Å². The fourth-order valence-corrected chi connectivity index (χ4v) is 3.13. The molecule has 1 unspecified atom stereocenters. The number of benzene rings is 1. The zero-order valence-corrected chi connectivity index (χ0v) is 13.2. The van der Waals surface area contributed by atoms with Crippen molar-refractivity contribution in [1.82, 2.24) is 0 Å². The lowest BCUT2D eigenvalue weighted by atomic mass is 9.68. The lowest BCUT2D eigenvalue weighted by Crippen LogP contribution is -2.37. The molecule has 1 aromatic rings. The molecular weight excluding hydrogens is 328 g/mol. The summed E-state index contributed by atoms with van der Waals surface area (Å²) in [6, 6.07) is 2.03. The molecule has 0 aromatic heterocycles. The van der Waals surface area contributed by atoms with Gasteiger partial charge in [0.1, 0.15) is 11.6 Å². The third kappa shape index (κ3) is 3.19. The van der Waals surface area contributed by atoms with Gasteiger partial charge in [-0.1, -0.05) is 26.7 Å². The number of halogens is 3. The Kier molecular flexibility index (Phi) is 4.47. The highest BCUT2D eigenvalue weighted by Crippen LogP contribution is 2.41. The van der Waals surface area contributed by atoms with Gasteiger partial charge in [0.25, 0.3) is 0 Å². The van der Waals surface area contributed by atoms with Crippen LogP contribution in [-0.4, -0.2) is 5.91 Å². The molecule has 1 fully saturated rings. The summed E-state index contributed by atoms with van der Waals surface area (Å²) in [5.74, 6) is -1.62. The molecule has 2 nitrogen and oxygen atoms in total. The van der Waals surface area contributed by atoms with Gasteiger partial charge < -0.3 is 5.32 Å². The van der Waals surface area contributed by atoms with Crippen LogP contribution in [0.4, 0.5) is 14.5 Å². The molecule has 110 valence electrons. The maximum absolute atomic E-state index is 13.7. The molecule has 20 heavy (non-hydrogen) atoms. The number of nitrogens with one attached hydrogen (secondary N) is 1. The van der Waals surface area contributed by atoms with Gasteiger partial charge in [-0.05, 0) is 40.3 Å². The monoisotopic (exact) mass is 345 g/mol. The van der Waals surface area contributed by atoms with E-state index < -0.39 is 11.6 Å². The summed E-state index contributed by atoms with van der Waals surface area (Å²) in [7, 11) is 0. The summed E-state index contributed by atoms with van der Waals surface area (Å²) < 4.78 is 27.2. The van der Waals surface area contributed by atoms with E-state index >= 15 is 0 Å². The highest BCUT2D eigenvalue weighted by atomic mass is 79.9. The summed E-state index contributed by atoms with van der Waals surface area (Å²) in [6.45, 7) is 4.10. The van der Waals surface area contributed by atoms with Crippen LogP contribution in [0.25, 0.3) is 0 Å². The maximum atomic E-state index is 13.7. The molecule has 2 rings (SSSR count). The van der Waals surface area contributed by atoms with Crippen LogP contribution in [0.2, 0.25) is 0 Å². The van der Waals surface area contributed by atoms with Crippen molar-refractivity contribution in [3.63, 3.8) is 0 Å². The molecule has 0 bridgehead atoms. The summed E-state index contributed by atoms with van der Waals surface area (Å²) in [4.78, 5) is 12.3. The van der Waals surface area contributed by atoms with Crippen LogP contribution in [0.5, 0.6) is 0 Å². The molecule has 1 aliphatic rings. The second-order valence-corrected chi connectivity index (χ2v) is 6.88. The number of amides is 1. The molecule has 0 saturated heterocycles. The first-order valence-electron chi connectivity index (χ1n) is 6.76. The summed E-state index contributed by atoms with van der Waals surface area (Å²) in [6.07, 6.45) is 3.87. The lowest BCUT2D eigenvalue weighted by Gasteiger charge is -2.37. The van der Waals surface area contributed by atoms with Crippen molar-refractivity contribution in [2.45, 2.75) is 39.5 Å². The van der Waals surface area contributed by atoms with Crippen molar-refractivity contribution in [2.24, 2.45) is 11.3 Å². The molecule has 5 heteroatoms. The predicted molar refractivity (Wildman–Crippen MR) is 78.4 cm³/mol. The molecule has 1 N–H and O–H groups in total. The van der Waals surface area contributed by atoms with Crippen molar-refractivity contribution >= 4 is 27.5 Å². The molecule has 0 aliphatic heterocycles. The number of anilines is 1. The number of rotatable bonds is 2. The normalized spacial score (nSPS) is 21.6. The first-order valence-corrected chi connectivity index (χ1v) is 7.56. The van der Waals surface area contributed by atoms with Gasteiger partial charge >= 0.3 is 0 Å². The molecule has 1 aliphatic carbocycles. The first kappa shape index (κ1) is 15.4. The van der Waals surface area contributed by atoms with Crippen LogP contribution >= 0.6 is 15.9 Å². The van der Waals surface area contributed by atoms with E-state index in [1.807, 2.05) is 0 Å². The van der Waals surface area contributed by atoms with E-state index in [2.05, 4.69) is 35.1 Å². The zero-order valence-electron chi connectivity index (χ0n) is 11.6. The molecule has 0 spiro atoms. The third-order valence-electron chi connectivity index (χ3n) is 4.09. The van der Waals surface area contributed by atoms with E-state index in [0.29, 0.717) is 0 Å². The van der Waals surface area contributed by atoms with Gasteiger partial charge in [0.2, 0.25) is 5.91 Å². The van der Waals surface area contributed by atoms with E-state index in [1.165, 1.54) is 0 Å². The Morgan fingerprint density at radius 3 is 2.65 bits per heavy atom. The lowest BCUT2D eigenvalue weighted by molar-refractivity contribution is -0.124. The molecule has 0 heterocycles. The Morgan fingerprint density at radius 1 is 1.30 bits per heavy atom. The van der Waals surface area contributed by atoms with Crippen molar-refractivity contribution in [3.05, 3.63) is 28.2 Å². The summed E-state index contributed by atoms with van der Waals surface area (Å²) in [5, 5.41) is 2.53. The Bertz CT molecular complexity index is 531. The van der Waals surface area contributed by atoms with Gasteiger partial charge in [0.15, 0.2) is 0 Å². The van der Waals surface area contributed by atoms with Crippen molar-refractivity contribution in [2.75, 3.05) is 5.32 Å². The van der Waals surface area contributed by atoms with E-state index in [-0.39, 0.29) is 27.4 Å². The number of carbonyl (C=O) groups excluding carboxylic acids is 1. The molecule has 1 atom stereocenters. The largest absolute Gasteiger partial charge is 0.323 e. The van der Waals surface area contributed by atoms with Crippen molar-refractivity contribution in [3.8, 4) is 0 Å². The fourth-order valence-electron chi connectivity index (χ4n) is 2.82. The van der Waals surface area contributed by atoms with Crippen LogP contribution in [0.1, 0.15) is 39.5 Å². The van der Waals surface area contributed by atoms with E-state index in [1.54, 1.807) is 0 Å². The highest BCUT2D eigenvalue weighted by Gasteiger charge is 2.37. The first-order chi connectivity index (χ1) is 9.31. The Morgan fingerprint density at radius 2 is 2.00 bits per heavy atom. The summed E-state index contributed by atoms with van der Waals surface area (Å²) in [5.41, 5.74) is -0.204. The van der Waals surface area contributed by atoms with Crippen LogP contribution in [-0.2, 0) is 4.79 Å². The average Bonchev–Trinajstić information content (AvgIpc) is 2.35. The van der Waals surface area contributed by atoms with Gasteiger partial charge in [-0.3, -0.25) is 4.79 Å². The van der Waals surface area contributed by atoms with Gasteiger partial charge in [-0.25, -0.2) is 8.78 Å². The second-order valence-electron chi connectivity index (χ2n) is 6.02. The quantitative estimate of drug-likeness (QED) is 0.760. The van der Waals surface area contributed by atoms with Gasteiger partial charge in [-0.15, -0.1) is 0 Å². The summed E-state index contributed by atoms with van der Waals surface area (Å²) >= 11 is 2.91. The van der Waals surface area contributed by atoms with Crippen molar-refractivity contribution < 1.29 is 13.6 Å². The average molecular weight is 346 g/mol. The Balaban J connectivity index is 2.17.